The fraction of sp³-hybridized carbons (Fsp3) is 0.412. The highest BCUT2D eigenvalue weighted by molar-refractivity contribution is 7.15. The number of rotatable bonds is 4. The van der Waals surface area contributed by atoms with E-state index in [4.69, 9.17) is 11.6 Å². The molecule has 0 spiro atoms. The van der Waals surface area contributed by atoms with Gasteiger partial charge >= 0.3 is 6.18 Å². The van der Waals surface area contributed by atoms with Gasteiger partial charge in [-0.25, -0.2) is 4.98 Å². The summed E-state index contributed by atoms with van der Waals surface area (Å²) in [5.74, 6) is -0.587. The molecule has 0 unspecified atom stereocenters. The number of nitrogens with zero attached hydrogens (tertiary/aromatic N) is 3. The van der Waals surface area contributed by atoms with E-state index < -0.39 is 17.6 Å². The zero-order valence-corrected chi connectivity index (χ0v) is 16.1. The van der Waals surface area contributed by atoms with Gasteiger partial charge in [-0.15, -0.1) is 11.3 Å². The van der Waals surface area contributed by atoms with Crippen molar-refractivity contribution in [3.8, 4) is 0 Å². The molecular weight excluding hydrogens is 401 g/mol. The van der Waals surface area contributed by atoms with E-state index in [1.807, 2.05) is 11.9 Å². The van der Waals surface area contributed by atoms with Gasteiger partial charge in [0.05, 0.1) is 17.7 Å². The number of hydrogen-bond donors (Lipinski definition) is 1. The van der Waals surface area contributed by atoms with E-state index in [9.17, 15) is 18.0 Å². The van der Waals surface area contributed by atoms with Crippen LogP contribution in [-0.4, -0.2) is 53.9 Å². The molecule has 1 aromatic heterocycles. The summed E-state index contributed by atoms with van der Waals surface area (Å²) in [5, 5.41) is 2.92. The van der Waals surface area contributed by atoms with Crippen molar-refractivity contribution in [3.63, 3.8) is 0 Å². The third-order valence-corrected chi connectivity index (χ3v) is 5.45. The van der Waals surface area contributed by atoms with Crippen LogP contribution in [0.5, 0.6) is 0 Å². The lowest BCUT2D eigenvalue weighted by Gasteiger charge is -2.33. The number of alkyl halides is 3. The van der Waals surface area contributed by atoms with Crippen molar-refractivity contribution in [3.05, 3.63) is 44.9 Å². The maximum atomic E-state index is 13.6. The van der Waals surface area contributed by atoms with E-state index in [2.05, 4.69) is 10.3 Å². The largest absolute Gasteiger partial charge is 0.417 e. The smallest absolute Gasteiger partial charge is 0.380 e. The molecule has 1 fully saturated rings. The van der Waals surface area contributed by atoms with Crippen molar-refractivity contribution in [1.29, 1.82) is 0 Å². The second-order valence-corrected chi connectivity index (χ2v) is 7.98. The highest BCUT2D eigenvalue weighted by Crippen LogP contribution is 2.35. The van der Waals surface area contributed by atoms with Crippen LogP contribution in [0.15, 0.2) is 24.4 Å². The van der Waals surface area contributed by atoms with E-state index in [0.717, 1.165) is 10.9 Å². The highest BCUT2D eigenvalue weighted by Gasteiger charge is 2.37. The number of likely N-dealkylation sites (N-methyl/N-ethyl adjacent to an activating group) is 1. The van der Waals surface area contributed by atoms with Crippen molar-refractivity contribution in [1.82, 2.24) is 14.8 Å². The van der Waals surface area contributed by atoms with E-state index in [1.54, 1.807) is 6.20 Å². The molecule has 2 aromatic rings. The van der Waals surface area contributed by atoms with Crippen LogP contribution in [0.2, 0.25) is 4.47 Å². The lowest BCUT2D eigenvalue weighted by molar-refractivity contribution is -0.138. The van der Waals surface area contributed by atoms with Gasteiger partial charge in [0, 0.05) is 42.9 Å². The fourth-order valence-electron chi connectivity index (χ4n) is 2.81. The molecule has 3 rings (SSSR count). The van der Waals surface area contributed by atoms with E-state index in [-0.39, 0.29) is 11.3 Å². The van der Waals surface area contributed by atoms with Crippen LogP contribution in [0.3, 0.4) is 0 Å². The molecule has 1 amide bonds. The minimum absolute atomic E-state index is 0.279. The molecule has 0 saturated carbocycles. The zero-order chi connectivity index (χ0) is 19.6. The number of hydrogen-bond acceptors (Lipinski definition) is 5. The molecule has 10 heteroatoms. The Bertz CT molecular complexity index is 819. The van der Waals surface area contributed by atoms with Crippen LogP contribution in [0.25, 0.3) is 0 Å². The monoisotopic (exact) mass is 418 g/mol. The topological polar surface area (TPSA) is 48.5 Å². The Morgan fingerprint density at radius 1 is 1.30 bits per heavy atom. The van der Waals surface area contributed by atoms with E-state index in [0.29, 0.717) is 37.2 Å². The number of halogens is 4. The minimum atomic E-state index is -4.62. The molecule has 0 atom stereocenters. The van der Waals surface area contributed by atoms with Gasteiger partial charge in [-0.2, -0.15) is 13.2 Å². The Hall–Kier alpha value is -1.84. The van der Waals surface area contributed by atoms with Gasteiger partial charge in [0.25, 0.3) is 5.91 Å². The van der Waals surface area contributed by atoms with Gasteiger partial charge in [-0.05, 0) is 25.2 Å². The predicted molar refractivity (Wildman–Crippen MR) is 99.3 cm³/mol. The summed E-state index contributed by atoms with van der Waals surface area (Å²) in [6, 6.07) is 3.71. The Kier molecular flexibility index (Phi) is 5.92. The number of anilines is 1. The molecule has 1 N–H and O–H groups in total. The standard InChI is InChI=1S/C17H18ClF3N4OS/c1-24-4-6-25(7-5-24)15(26)13-3-2-11(8-14(13)17(19,20)21)22-9-12-10-23-16(18)27-12/h2-3,8,10,22H,4-7,9H2,1H3. The Labute approximate surface area is 163 Å². The number of amides is 1. The number of piperazine rings is 1. The van der Waals surface area contributed by atoms with Crippen molar-refractivity contribution in [2.75, 3.05) is 38.5 Å². The van der Waals surface area contributed by atoms with Gasteiger partial charge in [0.15, 0.2) is 4.47 Å². The van der Waals surface area contributed by atoms with Gasteiger partial charge in [0.2, 0.25) is 0 Å². The maximum Gasteiger partial charge on any atom is 0.417 e. The van der Waals surface area contributed by atoms with Crippen LogP contribution in [0, 0.1) is 0 Å². The van der Waals surface area contributed by atoms with Gasteiger partial charge in [0.1, 0.15) is 0 Å². The summed E-state index contributed by atoms with van der Waals surface area (Å²) in [7, 11) is 1.92. The molecule has 1 aliphatic heterocycles. The van der Waals surface area contributed by atoms with E-state index in [1.165, 1.54) is 28.4 Å². The molecule has 1 aromatic carbocycles. The number of carbonyl (C=O) groups excluding carboxylic acids is 1. The summed E-state index contributed by atoms with van der Waals surface area (Å²) in [5.41, 5.74) is -0.973. The van der Waals surface area contributed by atoms with E-state index >= 15 is 0 Å². The number of thiazole rings is 1. The lowest BCUT2D eigenvalue weighted by Crippen LogP contribution is -2.47. The average Bonchev–Trinajstić information content (AvgIpc) is 3.04. The SMILES string of the molecule is CN1CCN(C(=O)c2ccc(NCc3cnc(Cl)s3)cc2C(F)(F)F)CC1. The average molecular weight is 419 g/mol. The van der Waals surface area contributed by atoms with Gasteiger partial charge < -0.3 is 15.1 Å². The summed E-state index contributed by atoms with van der Waals surface area (Å²) in [6.07, 6.45) is -3.06. The third-order valence-electron chi connectivity index (χ3n) is 4.34. The van der Waals surface area contributed by atoms with Crippen molar-refractivity contribution < 1.29 is 18.0 Å². The molecule has 5 nitrogen and oxygen atoms in total. The van der Waals surface area contributed by atoms with Crippen LogP contribution in [-0.2, 0) is 12.7 Å². The molecule has 146 valence electrons. The zero-order valence-electron chi connectivity index (χ0n) is 14.5. The first kappa shape index (κ1) is 19.9. The molecule has 1 saturated heterocycles. The van der Waals surface area contributed by atoms with Crippen LogP contribution >= 0.6 is 22.9 Å². The third kappa shape index (κ3) is 4.91. The molecule has 1 aliphatic rings. The molecule has 27 heavy (non-hydrogen) atoms. The lowest BCUT2D eigenvalue weighted by atomic mass is 10.0. The molecule has 0 aliphatic carbocycles. The van der Waals surface area contributed by atoms with Gasteiger partial charge in [-0.3, -0.25) is 4.79 Å². The first-order chi connectivity index (χ1) is 12.7. The number of benzene rings is 1. The second kappa shape index (κ2) is 8.04. The fourth-order valence-corrected chi connectivity index (χ4v) is 3.73. The van der Waals surface area contributed by atoms with Crippen LogP contribution in [0.1, 0.15) is 20.8 Å². The first-order valence-electron chi connectivity index (χ1n) is 8.27. The highest BCUT2D eigenvalue weighted by atomic mass is 35.5. The van der Waals surface area contributed by atoms with Gasteiger partial charge in [-0.1, -0.05) is 11.6 Å². The molecule has 0 radical (unpaired) electrons. The quantitative estimate of drug-likeness (QED) is 0.820. The number of nitrogens with one attached hydrogen (secondary N) is 1. The Morgan fingerprint density at radius 2 is 2.00 bits per heavy atom. The van der Waals surface area contributed by atoms with Crippen molar-refractivity contribution >= 4 is 34.5 Å². The van der Waals surface area contributed by atoms with Crippen molar-refractivity contribution in [2.24, 2.45) is 0 Å². The van der Waals surface area contributed by atoms with Crippen molar-refractivity contribution in [2.45, 2.75) is 12.7 Å². The second-order valence-electron chi connectivity index (χ2n) is 6.29. The summed E-state index contributed by atoms with van der Waals surface area (Å²) in [4.78, 5) is 20.8. The maximum absolute atomic E-state index is 13.6. The Morgan fingerprint density at radius 3 is 2.59 bits per heavy atom. The first-order valence-corrected chi connectivity index (χ1v) is 9.46. The minimum Gasteiger partial charge on any atom is -0.380 e. The number of carbonyl (C=O) groups is 1. The normalized spacial score (nSPS) is 15.8. The van der Waals surface area contributed by atoms with Crippen LogP contribution < -0.4 is 5.32 Å². The summed E-state index contributed by atoms with van der Waals surface area (Å²) >= 11 is 7.00. The molecule has 2 heterocycles. The molecular formula is C17H18ClF3N4OS. The molecule has 0 bridgehead atoms. The predicted octanol–water partition coefficient (Wildman–Crippen LogP) is 3.82. The van der Waals surface area contributed by atoms with Crippen LogP contribution in [0.4, 0.5) is 18.9 Å². The Balaban J connectivity index is 1.80. The summed E-state index contributed by atoms with van der Waals surface area (Å²) in [6.45, 7) is 2.42. The number of aromatic nitrogens is 1. The summed E-state index contributed by atoms with van der Waals surface area (Å²) < 4.78 is 41.0.